The number of nitrogens with zero attached hydrogens (tertiary/aromatic N) is 3. The summed E-state index contributed by atoms with van der Waals surface area (Å²) in [5.41, 5.74) is 2.83. The minimum absolute atomic E-state index is 0.00971. The van der Waals surface area contributed by atoms with Gasteiger partial charge >= 0.3 is 0 Å². The molecule has 1 aromatic carbocycles. The van der Waals surface area contributed by atoms with Crippen molar-refractivity contribution in [3.05, 3.63) is 30.1 Å². The molecule has 3 rings (SSSR count). The molecule has 1 fully saturated rings. The summed E-state index contributed by atoms with van der Waals surface area (Å²) in [4.78, 5) is 36.2. The molecule has 1 aliphatic heterocycles. The predicted octanol–water partition coefficient (Wildman–Crippen LogP) is 2.60. The van der Waals surface area contributed by atoms with Crippen LogP contribution < -0.4 is 0 Å². The molecule has 6 heteroatoms. The molecular formula is C20H28N4O2. The number of H-pyrrole nitrogens is 1. The lowest BCUT2D eigenvalue weighted by Gasteiger charge is -2.25. The zero-order chi connectivity index (χ0) is 18.7. The van der Waals surface area contributed by atoms with Crippen LogP contribution in [-0.2, 0) is 16.0 Å². The molecule has 2 amide bonds. The largest absolute Gasteiger partial charge is 0.345 e. The number of hydrogen-bond acceptors (Lipinski definition) is 3. The summed E-state index contributed by atoms with van der Waals surface area (Å²) in [6, 6.07) is 5.87. The number of aromatic nitrogens is 2. The van der Waals surface area contributed by atoms with Crippen molar-refractivity contribution in [2.24, 2.45) is 5.41 Å². The summed E-state index contributed by atoms with van der Waals surface area (Å²) in [6.07, 6.45) is 3.42. The number of hydrogen-bond donors (Lipinski definition) is 1. The highest BCUT2D eigenvalue weighted by Crippen LogP contribution is 2.20. The first-order valence-corrected chi connectivity index (χ1v) is 9.29. The maximum Gasteiger partial charge on any atom is 0.227 e. The minimum atomic E-state index is -0.00971. The lowest BCUT2D eigenvalue weighted by Crippen LogP contribution is -2.38. The first-order chi connectivity index (χ1) is 12.3. The fraction of sp³-hybridized carbons (Fsp3) is 0.550. The van der Waals surface area contributed by atoms with E-state index in [0.29, 0.717) is 32.5 Å². The summed E-state index contributed by atoms with van der Waals surface area (Å²) in [5, 5.41) is 0. The van der Waals surface area contributed by atoms with Gasteiger partial charge in [0.1, 0.15) is 0 Å². The highest BCUT2D eigenvalue weighted by Gasteiger charge is 2.25. The third kappa shape index (κ3) is 4.62. The molecule has 0 atom stereocenters. The van der Waals surface area contributed by atoms with E-state index in [2.05, 4.69) is 30.7 Å². The molecule has 0 unspecified atom stereocenters. The van der Waals surface area contributed by atoms with Gasteiger partial charge < -0.3 is 14.8 Å². The zero-order valence-electron chi connectivity index (χ0n) is 15.9. The van der Waals surface area contributed by atoms with E-state index in [4.69, 9.17) is 0 Å². The number of fused-ring (bicyclic) bond motifs is 1. The Bertz CT molecular complexity index is 790. The van der Waals surface area contributed by atoms with E-state index in [0.717, 1.165) is 29.6 Å². The molecule has 1 aromatic heterocycles. The Hall–Kier alpha value is -2.37. The Morgan fingerprint density at radius 1 is 1.08 bits per heavy atom. The second-order valence-electron chi connectivity index (χ2n) is 8.28. The van der Waals surface area contributed by atoms with Crippen molar-refractivity contribution < 1.29 is 9.59 Å². The summed E-state index contributed by atoms with van der Waals surface area (Å²) < 4.78 is 0. The molecule has 0 bridgehead atoms. The van der Waals surface area contributed by atoms with Crippen LogP contribution in [0.5, 0.6) is 0 Å². The molecule has 0 spiro atoms. The van der Waals surface area contributed by atoms with Crippen molar-refractivity contribution in [2.75, 3.05) is 26.2 Å². The molecule has 0 saturated carbocycles. The maximum atomic E-state index is 12.7. The first kappa shape index (κ1) is 18.4. The Kier molecular flexibility index (Phi) is 5.30. The summed E-state index contributed by atoms with van der Waals surface area (Å²) in [6.45, 7) is 8.92. The number of carbonyl (C=O) groups is 2. The van der Waals surface area contributed by atoms with Gasteiger partial charge in [-0.1, -0.05) is 26.8 Å². The van der Waals surface area contributed by atoms with Gasteiger partial charge in [0.05, 0.1) is 23.8 Å². The molecule has 6 nitrogen and oxygen atoms in total. The van der Waals surface area contributed by atoms with Crippen molar-refractivity contribution in [1.29, 1.82) is 0 Å². The van der Waals surface area contributed by atoms with Gasteiger partial charge in [-0.15, -0.1) is 0 Å². The van der Waals surface area contributed by atoms with E-state index < -0.39 is 0 Å². The van der Waals surface area contributed by atoms with E-state index in [1.807, 2.05) is 28.0 Å². The third-order valence-electron chi connectivity index (χ3n) is 4.72. The smallest absolute Gasteiger partial charge is 0.227 e. The standard InChI is InChI=1S/C20H28N4O2/c1-20(2,3)13-19(26)24-8-4-7-23(9-10-24)18(25)12-15-5-6-16-17(11-15)22-14-21-16/h5-6,11,14H,4,7-10,12-13H2,1-3H3,(H,21,22). The SMILES string of the molecule is CC(C)(C)CC(=O)N1CCCN(C(=O)Cc2ccc3nc[nH]c3c2)CC1. The topological polar surface area (TPSA) is 69.3 Å². The predicted molar refractivity (Wildman–Crippen MR) is 102 cm³/mol. The fourth-order valence-corrected chi connectivity index (χ4v) is 3.36. The number of carbonyl (C=O) groups excluding carboxylic acids is 2. The van der Waals surface area contributed by atoms with Gasteiger partial charge in [0, 0.05) is 32.6 Å². The summed E-state index contributed by atoms with van der Waals surface area (Å²) in [5.74, 6) is 0.311. The minimum Gasteiger partial charge on any atom is -0.345 e. The number of aromatic amines is 1. The van der Waals surface area contributed by atoms with E-state index in [-0.39, 0.29) is 17.2 Å². The van der Waals surface area contributed by atoms with Crippen molar-refractivity contribution in [3.63, 3.8) is 0 Å². The third-order valence-corrected chi connectivity index (χ3v) is 4.72. The van der Waals surface area contributed by atoms with Crippen LogP contribution in [0.15, 0.2) is 24.5 Å². The molecule has 2 heterocycles. The van der Waals surface area contributed by atoms with Crippen LogP contribution in [0.4, 0.5) is 0 Å². The Labute approximate surface area is 154 Å². The van der Waals surface area contributed by atoms with E-state index in [1.54, 1.807) is 6.33 Å². The van der Waals surface area contributed by atoms with Crippen molar-refractivity contribution in [2.45, 2.75) is 40.0 Å². The maximum absolute atomic E-state index is 12.7. The van der Waals surface area contributed by atoms with Crippen molar-refractivity contribution >= 4 is 22.8 Å². The number of nitrogens with one attached hydrogen (secondary N) is 1. The fourth-order valence-electron chi connectivity index (χ4n) is 3.36. The summed E-state index contributed by atoms with van der Waals surface area (Å²) >= 11 is 0. The van der Waals surface area contributed by atoms with Gasteiger partial charge in [0.15, 0.2) is 0 Å². The Morgan fingerprint density at radius 3 is 2.46 bits per heavy atom. The monoisotopic (exact) mass is 356 g/mol. The van der Waals surface area contributed by atoms with Gasteiger partial charge in [0.25, 0.3) is 0 Å². The normalized spacial score (nSPS) is 16.0. The number of imidazole rings is 1. The number of amides is 2. The van der Waals surface area contributed by atoms with E-state index in [1.165, 1.54) is 0 Å². The van der Waals surface area contributed by atoms with Gasteiger partial charge in [0.2, 0.25) is 11.8 Å². The van der Waals surface area contributed by atoms with Crippen LogP contribution in [0.3, 0.4) is 0 Å². The molecule has 140 valence electrons. The van der Waals surface area contributed by atoms with Crippen molar-refractivity contribution in [1.82, 2.24) is 19.8 Å². The lowest BCUT2D eigenvalue weighted by molar-refractivity contribution is -0.134. The summed E-state index contributed by atoms with van der Waals surface area (Å²) in [7, 11) is 0. The molecule has 0 radical (unpaired) electrons. The highest BCUT2D eigenvalue weighted by molar-refractivity contribution is 5.82. The van der Waals surface area contributed by atoms with Crippen LogP contribution in [-0.4, -0.2) is 57.8 Å². The average Bonchev–Trinajstić information content (AvgIpc) is 2.87. The van der Waals surface area contributed by atoms with Gasteiger partial charge in [-0.2, -0.15) is 0 Å². The molecule has 2 aromatic rings. The first-order valence-electron chi connectivity index (χ1n) is 9.29. The molecule has 0 aliphatic carbocycles. The van der Waals surface area contributed by atoms with Gasteiger partial charge in [-0.05, 0) is 29.5 Å². The second-order valence-corrected chi connectivity index (χ2v) is 8.28. The van der Waals surface area contributed by atoms with Gasteiger partial charge in [-0.3, -0.25) is 9.59 Å². The second kappa shape index (κ2) is 7.48. The quantitative estimate of drug-likeness (QED) is 0.919. The van der Waals surface area contributed by atoms with E-state index in [9.17, 15) is 9.59 Å². The van der Waals surface area contributed by atoms with Crippen LogP contribution in [0.1, 0.15) is 39.2 Å². The molecule has 26 heavy (non-hydrogen) atoms. The van der Waals surface area contributed by atoms with Crippen LogP contribution in [0, 0.1) is 5.41 Å². The van der Waals surface area contributed by atoms with Crippen LogP contribution in [0.25, 0.3) is 11.0 Å². The Balaban J connectivity index is 1.57. The zero-order valence-corrected chi connectivity index (χ0v) is 15.9. The molecule has 1 saturated heterocycles. The highest BCUT2D eigenvalue weighted by atomic mass is 16.2. The Morgan fingerprint density at radius 2 is 1.77 bits per heavy atom. The number of rotatable bonds is 3. The van der Waals surface area contributed by atoms with E-state index >= 15 is 0 Å². The van der Waals surface area contributed by atoms with Gasteiger partial charge in [-0.25, -0.2) is 4.98 Å². The van der Waals surface area contributed by atoms with Crippen LogP contribution in [0.2, 0.25) is 0 Å². The lowest BCUT2D eigenvalue weighted by atomic mass is 9.91. The molecule has 1 aliphatic rings. The molecule has 1 N–H and O–H groups in total. The number of benzene rings is 1. The van der Waals surface area contributed by atoms with Crippen molar-refractivity contribution in [3.8, 4) is 0 Å². The van der Waals surface area contributed by atoms with Crippen LogP contribution >= 0.6 is 0 Å². The average molecular weight is 356 g/mol. The molecular weight excluding hydrogens is 328 g/mol.